The standard InChI is InChI=1S/C20H19N3O4S/c1-3-17(25)21-14-9-7-13(8-10-14)16(24)12-27-19(26)18-15-6-4-5-11-23(15)20(22-18)28-2/h4-11H,3,12H2,1-2H3,(H,21,25). The quantitative estimate of drug-likeness (QED) is 0.373. The Labute approximate surface area is 166 Å². The number of amides is 1. The van der Waals surface area contributed by atoms with Gasteiger partial charge in [-0.3, -0.25) is 14.0 Å². The fourth-order valence-corrected chi connectivity index (χ4v) is 3.11. The third-order valence-corrected chi connectivity index (χ3v) is 4.69. The number of carbonyl (C=O) groups excluding carboxylic acids is 3. The van der Waals surface area contributed by atoms with Gasteiger partial charge < -0.3 is 10.1 Å². The van der Waals surface area contributed by atoms with E-state index in [0.717, 1.165) is 0 Å². The molecule has 0 bridgehead atoms. The highest BCUT2D eigenvalue weighted by atomic mass is 32.2. The minimum Gasteiger partial charge on any atom is -0.453 e. The van der Waals surface area contributed by atoms with Crippen LogP contribution < -0.4 is 5.32 Å². The number of Topliss-reactive ketones (excluding diaryl/α,β-unsaturated/α-hetero) is 1. The van der Waals surface area contributed by atoms with E-state index in [2.05, 4.69) is 10.3 Å². The molecule has 0 aliphatic rings. The maximum absolute atomic E-state index is 12.4. The van der Waals surface area contributed by atoms with Crippen LogP contribution in [0, 0.1) is 0 Å². The van der Waals surface area contributed by atoms with Gasteiger partial charge in [-0.2, -0.15) is 0 Å². The van der Waals surface area contributed by atoms with Crippen molar-refractivity contribution >= 4 is 40.6 Å². The molecule has 1 N–H and O–H groups in total. The first kappa shape index (κ1) is 19.6. The second kappa shape index (κ2) is 8.71. The second-order valence-corrected chi connectivity index (χ2v) is 6.65. The van der Waals surface area contributed by atoms with Gasteiger partial charge in [0, 0.05) is 23.9 Å². The summed E-state index contributed by atoms with van der Waals surface area (Å²) in [6, 6.07) is 11.9. The molecule has 7 nitrogen and oxygen atoms in total. The van der Waals surface area contributed by atoms with Crippen LogP contribution in [0.3, 0.4) is 0 Å². The molecule has 1 aromatic carbocycles. The van der Waals surface area contributed by atoms with E-state index >= 15 is 0 Å². The second-order valence-electron chi connectivity index (χ2n) is 5.88. The van der Waals surface area contributed by atoms with Gasteiger partial charge in [0.15, 0.2) is 23.2 Å². The van der Waals surface area contributed by atoms with Gasteiger partial charge in [-0.1, -0.05) is 24.8 Å². The van der Waals surface area contributed by atoms with Crippen LogP contribution >= 0.6 is 11.8 Å². The normalized spacial score (nSPS) is 10.6. The molecule has 0 atom stereocenters. The summed E-state index contributed by atoms with van der Waals surface area (Å²) < 4.78 is 6.98. The zero-order valence-corrected chi connectivity index (χ0v) is 16.3. The van der Waals surface area contributed by atoms with Crippen molar-refractivity contribution in [1.29, 1.82) is 0 Å². The Balaban J connectivity index is 1.66. The zero-order valence-electron chi connectivity index (χ0n) is 15.5. The number of nitrogens with zero attached hydrogens (tertiary/aromatic N) is 2. The van der Waals surface area contributed by atoms with Gasteiger partial charge in [0.25, 0.3) is 0 Å². The number of hydrogen-bond donors (Lipinski definition) is 1. The lowest BCUT2D eigenvalue weighted by atomic mass is 10.1. The molecule has 0 saturated carbocycles. The third-order valence-electron chi connectivity index (χ3n) is 4.04. The van der Waals surface area contributed by atoms with Gasteiger partial charge in [-0.25, -0.2) is 9.78 Å². The van der Waals surface area contributed by atoms with Crippen molar-refractivity contribution in [2.24, 2.45) is 0 Å². The maximum Gasteiger partial charge on any atom is 0.359 e. The molecular formula is C20H19N3O4S. The van der Waals surface area contributed by atoms with Crippen molar-refractivity contribution in [1.82, 2.24) is 9.38 Å². The molecule has 8 heteroatoms. The summed E-state index contributed by atoms with van der Waals surface area (Å²) in [7, 11) is 0. The molecule has 0 aliphatic carbocycles. The molecule has 3 aromatic rings. The van der Waals surface area contributed by atoms with Crippen molar-refractivity contribution in [2.75, 3.05) is 18.2 Å². The molecule has 1 amide bonds. The number of rotatable bonds is 7. The number of fused-ring (bicyclic) bond motifs is 1. The van der Waals surface area contributed by atoms with Crippen molar-refractivity contribution in [3.63, 3.8) is 0 Å². The number of imidazole rings is 1. The van der Waals surface area contributed by atoms with E-state index < -0.39 is 5.97 Å². The molecule has 2 heterocycles. The SMILES string of the molecule is CCC(=O)Nc1ccc(C(=O)COC(=O)c2nc(SC)n3ccccc23)cc1. The van der Waals surface area contributed by atoms with Crippen molar-refractivity contribution in [2.45, 2.75) is 18.5 Å². The number of thioether (sulfide) groups is 1. The largest absolute Gasteiger partial charge is 0.453 e. The average molecular weight is 397 g/mol. The fourth-order valence-electron chi connectivity index (χ4n) is 2.58. The molecule has 0 unspecified atom stereocenters. The van der Waals surface area contributed by atoms with Gasteiger partial charge in [-0.05, 0) is 42.7 Å². The number of nitrogens with one attached hydrogen (secondary N) is 1. The van der Waals surface area contributed by atoms with Crippen LogP contribution in [-0.2, 0) is 9.53 Å². The summed E-state index contributed by atoms with van der Waals surface area (Å²) in [5, 5.41) is 3.37. The van der Waals surface area contributed by atoms with Gasteiger partial charge in [-0.15, -0.1) is 0 Å². The van der Waals surface area contributed by atoms with Gasteiger partial charge in [0.1, 0.15) is 0 Å². The highest BCUT2D eigenvalue weighted by Gasteiger charge is 2.19. The first-order valence-electron chi connectivity index (χ1n) is 8.64. The predicted molar refractivity (Wildman–Crippen MR) is 107 cm³/mol. The van der Waals surface area contributed by atoms with Crippen LogP contribution in [0.25, 0.3) is 5.52 Å². The van der Waals surface area contributed by atoms with Crippen LogP contribution in [0.2, 0.25) is 0 Å². The van der Waals surface area contributed by atoms with Crippen LogP contribution in [0.5, 0.6) is 0 Å². The van der Waals surface area contributed by atoms with Gasteiger partial charge in [0.05, 0.1) is 5.52 Å². The van der Waals surface area contributed by atoms with E-state index in [1.807, 2.05) is 24.6 Å². The minimum absolute atomic E-state index is 0.107. The number of aromatic nitrogens is 2. The van der Waals surface area contributed by atoms with Gasteiger partial charge in [0.2, 0.25) is 5.91 Å². The van der Waals surface area contributed by atoms with E-state index in [4.69, 9.17) is 4.74 Å². The Hall–Kier alpha value is -3.13. The molecule has 3 rings (SSSR count). The molecule has 144 valence electrons. The molecule has 0 saturated heterocycles. The van der Waals surface area contributed by atoms with Crippen molar-refractivity contribution < 1.29 is 19.1 Å². The van der Waals surface area contributed by atoms with Crippen LogP contribution in [0.4, 0.5) is 5.69 Å². The highest BCUT2D eigenvalue weighted by Crippen LogP contribution is 2.20. The Kier molecular flexibility index (Phi) is 6.10. The summed E-state index contributed by atoms with van der Waals surface area (Å²) in [6.45, 7) is 1.37. The highest BCUT2D eigenvalue weighted by molar-refractivity contribution is 7.98. The molecule has 28 heavy (non-hydrogen) atoms. The topological polar surface area (TPSA) is 89.8 Å². The molecule has 0 radical (unpaired) electrons. The smallest absolute Gasteiger partial charge is 0.359 e. The van der Waals surface area contributed by atoms with Crippen molar-refractivity contribution in [3.05, 3.63) is 59.9 Å². The van der Waals surface area contributed by atoms with E-state index in [9.17, 15) is 14.4 Å². The van der Waals surface area contributed by atoms with Gasteiger partial charge >= 0.3 is 5.97 Å². The van der Waals surface area contributed by atoms with Crippen LogP contribution in [0.1, 0.15) is 34.2 Å². The average Bonchev–Trinajstić information content (AvgIpc) is 3.11. The van der Waals surface area contributed by atoms with E-state index in [-0.39, 0.29) is 24.0 Å². The summed E-state index contributed by atoms with van der Waals surface area (Å²) in [5.74, 6) is -1.09. The number of benzene rings is 1. The Bertz CT molecular complexity index is 1030. The Morgan fingerprint density at radius 1 is 1.14 bits per heavy atom. The molecule has 2 aromatic heterocycles. The minimum atomic E-state index is -0.649. The van der Waals surface area contributed by atoms with Crippen LogP contribution in [0.15, 0.2) is 53.8 Å². The van der Waals surface area contributed by atoms with E-state index in [1.54, 1.807) is 41.7 Å². The van der Waals surface area contributed by atoms with E-state index in [1.165, 1.54) is 11.8 Å². The summed E-state index contributed by atoms with van der Waals surface area (Å²) in [5.41, 5.74) is 1.80. The zero-order chi connectivity index (χ0) is 20.1. The lowest BCUT2D eigenvalue weighted by Gasteiger charge is -2.06. The Morgan fingerprint density at radius 3 is 2.57 bits per heavy atom. The molecular weight excluding hydrogens is 378 g/mol. The molecule has 0 fully saturated rings. The summed E-state index contributed by atoms with van der Waals surface area (Å²) in [6.07, 6.45) is 4.06. The predicted octanol–water partition coefficient (Wildman–Crippen LogP) is 3.44. The fraction of sp³-hybridized carbons (Fsp3) is 0.200. The number of anilines is 1. The van der Waals surface area contributed by atoms with Crippen molar-refractivity contribution in [3.8, 4) is 0 Å². The summed E-state index contributed by atoms with van der Waals surface area (Å²) >= 11 is 1.41. The van der Waals surface area contributed by atoms with Crippen LogP contribution in [-0.4, -0.2) is 39.9 Å². The third kappa shape index (κ3) is 4.23. The number of ketones is 1. The lowest BCUT2D eigenvalue weighted by Crippen LogP contribution is -2.15. The first-order chi connectivity index (χ1) is 13.5. The molecule has 0 spiro atoms. The van der Waals surface area contributed by atoms with E-state index in [0.29, 0.717) is 28.3 Å². The first-order valence-corrected chi connectivity index (χ1v) is 9.87. The molecule has 0 aliphatic heterocycles. The number of hydrogen-bond acceptors (Lipinski definition) is 6. The maximum atomic E-state index is 12.4. The lowest BCUT2D eigenvalue weighted by molar-refractivity contribution is -0.115. The Morgan fingerprint density at radius 2 is 1.89 bits per heavy atom. The monoisotopic (exact) mass is 397 g/mol. The summed E-state index contributed by atoms with van der Waals surface area (Å²) in [4.78, 5) is 40.4. The number of carbonyl (C=O) groups is 3. The number of pyridine rings is 1. The number of ether oxygens (including phenoxy) is 1. The number of esters is 1.